The van der Waals surface area contributed by atoms with E-state index in [1.54, 1.807) is 19.1 Å². The van der Waals surface area contributed by atoms with Gasteiger partial charge in [0.05, 0.1) is 13.0 Å². The summed E-state index contributed by atoms with van der Waals surface area (Å²) in [5.41, 5.74) is 3.68. The number of esters is 1. The zero-order chi connectivity index (χ0) is 14.4. The number of hydrogen-bond donors (Lipinski definition) is 0. The molecule has 2 aromatic carbocycles. The highest BCUT2D eigenvalue weighted by Crippen LogP contribution is 2.20. The van der Waals surface area contributed by atoms with Gasteiger partial charge in [0, 0.05) is 5.56 Å². The van der Waals surface area contributed by atoms with Crippen LogP contribution < -0.4 is 0 Å². The fraction of sp³-hybridized carbons (Fsp3) is 0.176. The predicted octanol–water partition coefficient (Wildman–Crippen LogP) is 3.27. The summed E-state index contributed by atoms with van der Waals surface area (Å²) in [4.78, 5) is 22.0. The molecule has 0 aliphatic carbocycles. The van der Waals surface area contributed by atoms with Crippen LogP contribution in [0.15, 0.2) is 48.5 Å². The van der Waals surface area contributed by atoms with Gasteiger partial charge in [-0.05, 0) is 23.6 Å². The first-order valence-electron chi connectivity index (χ1n) is 6.53. The molecule has 0 spiro atoms. The van der Waals surface area contributed by atoms with Crippen molar-refractivity contribution < 1.29 is 14.3 Å². The molecular formula is C17H16O3. The lowest BCUT2D eigenvalue weighted by Gasteiger charge is -2.05. The topological polar surface area (TPSA) is 43.4 Å². The van der Waals surface area contributed by atoms with Gasteiger partial charge >= 0.3 is 5.97 Å². The number of carbonyl (C=O) groups excluding carboxylic acids is 2. The summed E-state index contributed by atoms with van der Waals surface area (Å²) < 4.78 is 4.91. The van der Waals surface area contributed by atoms with Gasteiger partial charge in [-0.1, -0.05) is 48.5 Å². The summed E-state index contributed by atoms with van der Waals surface area (Å²) in [5.74, 6) is -0.212. The van der Waals surface area contributed by atoms with Crippen LogP contribution in [0.1, 0.15) is 22.8 Å². The lowest BCUT2D eigenvalue weighted by atomic mass is 10.0. The standard InChI is InChI=1S/C17H16O3/c1-2-20-17(19)11-13-3-7-15(8-4-13)16-9-5-14(12-18)6-10-16/h3-10,12H,2,11H2,1H3. The van der Waals surface area contributed by atoms with Crippen LogP contribution in [0.3, 0.4) is 0 Å². The minimum atomic E-state index is -0.212. The van der Waals surface area contributed by atoms with Gasteiger partial charge in [0.25, 0.3) is 0 Å². The first-order chi connectivity index (χ1) is 9.72. The minimum absolute atomic E-state index is 0.212. The first-order valence-corrected chi connectivity index (χ1v) is 6.53. The number of aldehydes is 1. The number of benzene rings is 2. The van der Waals surface area contributed by atoms with E-state index in [1.165, 1.54) is 0 Å². The molecule has 0 radical (unpaired) electrons. The summed E-state index contributed by atoms with van der Waals surface area (Å²) in [6.45, 7) is 2.20. The second kappa shape index (κ2) is 6.66. The first kappa shape index (κ1) is 14.0. The molecule has 0 bridgehead atoms. The van der Waals surface area contributed by atoms with Gasteiger partial charge in [0.15, 0.2) is 0 Å². The Morgan fingerprint density at radius 1 is 1.00 bits per heavy atom. The highest BCUT2D eigenvalue weighted by atomic mass is 16.5. The molecule has 20 heavy (non-hydrogen) atoms. The Morgan fingerprint density at radius 2 is 1.55 bits per heavy atom. The van der Waals surface area contributed by atoms with Crippen LogP contribution in [0, 0.1) is 0 Å². The summed E-state index contributed by atoms with van der Waals surface area (Å²) >= 11 is 0. The molecule has 0 aromatic heterocycles. The summed E-state index contributed by atoms with van der Waals surface area (Å²) in [6, 6.07) is 15.1. The predicted molar refractivity (Wildman–Crippen MR) is 77.6 cm³/mol. The average Bonchev–Trinajstić information content (AvgIpc) is 2.48. The van der Waals surface area contributed by atoms with Crippen molar-refractivity contribution >= 4 is 12.3 Å². The molecule has 0 atom stereocenters. The molecule has 0 N–H and O–H groups in total. The molecule has 3 heteroatoms. The van der Waals surface area contributed by atoms with Crippen molar-refractivity contribution in [2.24, 2.45) is 0 Å². The summed E-state index contributed by atoms with van der Waals surface area (Å²) in [6.07, 6.45) is 1.12. The summed E-state index contributed by atoms with van der Waals surface area (Å²) in [5, 5.41) is 0. The van der Waals surface area contributed by atoms with Gasteiger partial charge in [0.1, 0.15) is 6.29 Å². The molecule has 0 fully saturated rings. The van der Waals surface area contributed by atoms with Gasteiger partial charge in [-0.3, -0.25) is 9.59 Å². The second-order valence-corrected chi connectivity index (χ2v) is 4.42. The van der Waals surface area contributed by atoms with E-state index in [0.717, 1.165) is 23.0 Å². The number of carbonyl (C=O) groups is 2. The van der Waals surface area contributed by atoms with Crippen molar-refractivity contribution in [3.05, 3.63) is 59.7 Å². The van der Waals surface area contributed by atoms with Gasteiger partial charge < -0.3 is 4.74 Å². The van der Waals surface area contributed by atoms with E-state index in [-0.39, 0.29) is 12.4 Å². The number of hydrogen-bond acceptors (Lipinski definition) is 3. The Bertz CT molecular complexity index is 583. The van der Waals surface area contributed by atoms with E-state index in [1.807, 2.05) is 36.4 Å². The fourth-order valence-electron chi connectivity index (χ4n) is 1.95. The Kier molecular flexibility index (Phi) is 4.66. The van der Waals surface area contributed by atoms with Crippen LogP contribution in [0.4, 0.5) is 0 Å². The third-order valence-corrected chi connectivity index (χ3v) is 2.99. The maximum absolute atomic E-state index is 11.4. The molecule has 0 saturated carbocycles. The molecule has 0 unspecified atom stereocenters. The highest BCUT2D eigenvalue weighted by molar-refractivity contribution is 5.77. The SMILES string of the molecule is CCOC(=O)Cc1ccc(-c2ccc(C=O)cc2)cc1. The average molecular weight is 268 g/mol. The number of rotatable bonds is 5. The van der Waals surface area contributed by atoms with E-state index in [0.29, 0.717) is 12.2 Å². The van der Waals surface area contributed by atoms with Crippen LogP contribution in [0.2, 0.25) is 0 Å². The van der Waals surface area contributed by atoms with E-state index in [2.05, 4.69) is 0 Å². The van der Waals surface area contributed by atoms with Crippen LogP contribution in [0.5, 0.6) is 0 Å². The van der Waals surface area contributed by atoms with Crippen molar-refractivity contribution in [3.63, 3.8) is 0 Å². The Labute approximate surface area is 118 Å². The van der Waals surface area contributed by atoms with E-state index in [9.17, 15) is 9.59 Å². The maximum Gasteiger partial charge on any atom is 0.310 e. The lowest BCUT2D eigenvalue weighted by Crippen LogP contribution is -2.07. The second-order valence-electron chi connectivity index (χ2n) is 4.42. The molecule has 0 saturated heterocycles. The van der Waals surface area contributed by atoms with Crippen molar-refractivity contribution in [1.29, 1.82) is 0 Å². The largest absolute Gasteiger partial charge is 0.466 e. The minimum Gasteiger partial charge on any atom is -0.466 e. The molecule has 102 valence electrons. The van der Waals surface area contributed by atoms with Crippen molar-refractivity contribution in [3.8, 4) is 11.1 Å². The zero-order valence-electron chi connectivity index (χ0n) is 11.3. The van der Waals surface area contributed by atoms with Crippen molar-refractivity contribution in [1.82, 2.24) is 0 Å². The van der Waals surface area contributed by atoms with E-state index in [4.69, 9.17) is 4.74 Å². The molecule has 0 aliphatic heterocycles. The van der Waals surface area contributed by atoms with Gasteiger partial charge in [-0.2, -0.15) is 0 Å². The molecule has 3 nitrogen and oxygen atoms in total. The van der Waals surface area contributed by atoms with Crippen LogP contribution in [-0.2, 0) is 16.0 Å². The third-order valence-electron chi connectivity index (χ3n) is 2.99. The normalized spacial score (nSPS) is 10.1. The molecule has 0 heterocycles. The monoisotopic (exact) mass is 268 g/mol. The van der Waals surface area contributed by atoms with Gasteiger partial charge in [-0.25, -0.2) is 0 Å². The van der Waals surface area contributed by atoms with E-state index < -0.39 is 0 Å². The van der Waals surface area contributed by atoms with E-state index >= 15 is 0 Å². The van der Waals surface area contributed by atoms with Crippen molar-refractivity contribution in [2.45, 2.75) is 13.3 Å². The molecule has 2 aromatic rings. The summed E-state index contributed by atoms with van der Waals surface area (Å²) in [7, 11) is 0. The maximum atomic E-state index is 11.4. The Balaban J connectivity index is 2.10. The molecular weight excluding hydrogens is 252 g/mol. The molecule has 2 rings (SSSR count). The Hall–Kier alpha value is -2.42. The molecule has 0 aliphatic rings. The zero-order valence-corrected chi connectivity index (χ0v) is 11.3. The van der Waals surface area contributed by atoms with Crippen molar-refractivity contribution in [2.75, 3.05) is 6.61 Å². The van der Waals surface area contributed by atoms with Crippen LogP contribution >= 0.6 is 0 Å². The van der Waals surface area contributed by atoms with Gasteiger partial charge in [-0.15, -0.1) is 0 Å². The lowest BCUT2D eigenvalue weighted by molar-refractivity contribution is -0.142. The molecule has 0 amide bonds. The quantitative estimate of drug-likeness (QED) is 0.617. The fourth-order valence-corrected chi connectivity index (χ4v) is 1.95. The van der Waals surface area contributed by atoms with Crippen LogP contribution in [-0.4, -0.2) is 18.9 Å². The third kappa shape index (κ3) is 3.54. The number of ether oxygens (including phenoxy) is 1. The van der Waals surface area contributed by atoms with Crippen LogP contribution in [0.25, 0.3) is 11.1 Å². The van der Waals surface area contributed by atoms with Gasteiger partial charge in [0.2, 0.25) is 0 Å². The smallest absolute Gasteiger partial charge is 0.310 e. The Morgan fingerprint density at radius 3 is 2.05 bits per heavy atom. The highest BCUT2D eigenvalue weighted by Gasteiger charge is 2.04.